The van der Waals surface area contributed by atoms with Crippen molar-refractivity contribution in [3.8, 4) is 0 Å². The average Bonchev–Trinajstić information content (AvgIpc) is 2.60. The number of nitrogens with zero attached hydrogens (tertiary/aromatic N) is 1. The maximum absolute atomic E-state index is 11.1. The number of nitrogens with one attached hydrogen (secondary N) is 1. The first-order valence-electron chi connectivity index (χ1n) is 7.96. The van der Waals surface area contributed by atoms with E-state index in [2.05, 4.69) is 10.3 Å². The highest BCUT2D eigenvalue weighted by Crippen LogP contribution is 2.21. The second-order valence-corrected chi connectivity index (χ2v) is 7.38. The van der Waals surface area contributed by atoms with Gasteiger partial charge in [0.2, 0.25) is 0 Å². The zero-order valence-electron chi connectivity index (χ0n) is 14.2. The van der Waals surface area contributed by atoms with Gasteiger partial charge in [-0.05, 0) is 60.7 Å². The van der Waals surface area contributed by atoms with Gasteiger partial charge in [-0.15, -0.1) is 0 Å². The van der Waals surface area contributed by atoms with E-state index in [1.807, 2.05) is 0 Å². The van der Waals surface area contributed by atoms with Crippen LogP contribution in [-0.4, -0.2) is 24.7 Å². The lowest BCUT2D eigenvalue weighted by atomic mass is 10.0. The molecule has 9 heteroatoms. The fourth-order valence-electron chi connectivity index (χ4n) is 2.48. The largest absolute Gasteiger partial charge is 0.399 e. The first-order chi connectivity index (χ1) is 12.7. The predicted octanol–water partition coefficient (Wildman–Crippen LogP) is 1.77. The van der Waals surface area contributed by atoms with Gasteiger partial charge in [0.15, 0.2) is 0 Å². The van der Waals surface area contributed by atoms with Crippen molar-refractivity contribution in [3.05, 3.63) is 72.1 Å². The zero-order chi connectivity index (χ0) is 19.6. The number of benzene rings is 2. The number of nitrogen functional groups attached to an aromatic ring is 1. The molecule has 0 saturated carbocycles. The summed E-state index contributed by atoms with van der Waals surface area (Å²) < 4.78 is 31.3. The van der Waals surface area contributed by atoms with Crippen molar-refractivity contribution in [2.24, 2.45) is 16.5 Å². The summed E-state index contributed by atoms with van der Waals surface area (Å²) in [5.41, 5.74) is 21.4. The Balaban J connectivity index is 1.86. The minimum atomic E-state index is -4.24. The SMILES string of the molecule is NC1=CC(N)C(Nc2ccc(S(=O)(=O)O)cc2)=C/C1=N/c1ccc(N)cc1. The molecule has 0 amide bonds. The first-order valence-corrected chi connectivity index (χ1v) is 9.40. The van der Waals surface area contributed by atoms with Crippen LogP contribution < -0.4 is 22.5 Å². The highest BCUT2D eigenvalue weighted by Gasteiger charge is 2.17. The summed E-state index contributed by atoms with van der Waals surface area (Å²) in [7, 11) is -4.24. The molecule has 2 aromatic rings. The molecule has 0 saturated heterocycles. The fourth-order valence-corrected chi connectivity index (χ4v) is 2.96. The quantitative estimate of drug-likeness (QED) is 0.396. The average molecular weight is 385 g/mol. The summed E-state index contributed by atoms with van der Waals surface area (Å²) in [6.07, 6.45) is 3.40. The maximum Gasteiger partial charge on any atom is 0.294 e. The predicted molar refractivity (Wildman–Crippen MR) is 106 cm³/mol. The highest BCUT2D eigenvalue weighted by molar-refractivity contribution is 7.85. The Kier molecular flexibility index (Phi) is 5.00. The smallest absolute Gasteiger partial charge is 0.294 e. The minimum absolute atomic E-state index is 0.190. The van der Waals surface area contributed by atoms with Gasteiger partial charge in [0.25, 0.3) is 10.1 Å². The molecular formula is C18H19N5O3S. The summed E-state index contributed by atoms with van der Waals surface area (Å²) in [6, 6.07) is 12.2. The Morgan fingerprint density at radius 3 is 2.22 bits per heavy atom. The van der Waals surface area contributed by atoms with Crippen LogP contribution in [0.25, 0.3) is 0 Å². The maximum atomic E-state index is 11.1. The normalized spacial score (nSPS) is 18.7. The number of nitrogens with two attached hydrogens (primary N) is 3. The summed E-state index contributed by atoms with van der Waals surface area (Å²) in [5, 5.41) is 3.11. The molecule has 1 atom stereocenters. The van der Waals surface area contributed by atoms with E-state index in [-0.39, 0.29) is 4.90 Å². The van der Waals surface area contributed by atoms with Crippen molar-refractivity contribution in [2.45, 2.75) is 10.9 Å². The van der Waals surface area contributed by atoms with Crippen LogP contribution in [0.2, 0.25) is 0 Å². The van der Waals surface area contributed by atoms with Crippen molar-refractivity contribution in [1.82, 2.24) is 0 Å². The van der Waals surface area contributed by atoms with E-state index in [0.29, 0.717) is 34.2 Å². The van der Waals surface area contributed by atoms with Crippen LogP contribution in [0.3, 0.4) is 0 Å². The van der Waals surface area contributed by atoms with Crippen LogP contribution in [0.15, 0.2) is 82.0 Å². The molecule has 1 aliphatic rings. The molecule has 0 aromatic heterocycles. The number of anilines is 2. The third-order valence-corrected chi connectivity index (χ3v) is 4.76. The number of hydrogen-bond donors (Lipinski definition) is 5. The molecule has 0 spiro atoms. The van der Waals surface area contributed by atoms with Crippen molar-refractivity contribution < 1.29 is 13.0 Å². The van der Waals surface area contributed by atoms with Crippen LogP contribution in [0.4, 0.5) is 17.1 Å². The molecule has 1 aliphatic carbocycles. The lowest BCUT2D eigenvalue weighted by molar-refractivity contribution is 0.483. The lowest BCUT2D eigenvalue weighted by Gasteiger charge is -2.21. The fraction of sp³-hybridized carbons (Fsp3) is 0.0556. The molecule has 140 valence electrons. The molecule has 2 aromatic carbocycles. The lowest BCUT2D eigenvalue weighted by Crippen LogP contribution is -2.31. The Morgan fingerprint density at radius 1 is 1.00 bits per heavy atom. The van der Waals surface area contributed by atoms with E-state index in [0.717, 1.165) is 0 Å². The van der Waals surface area contributed by atoms with Gasteiger partial charge in [-0.3, -0.25) is 4.55 Å². The summed E-state index contributed by atoms with van der Waals surface area (Å²) in [4.78, 5) is 4.31. The molecular weight excluding hydrogens is 366 g/mol. The van der Waals surface area contributed by atoms with Crippen molar-refractivity contribution in [1.29, 1.82) is 0 Å². The second kappa shape index (κ2) is 7.23. The van der Waals surface area contributed by atoms with Gasteiger partial charge in [-0.2, -0.15) is 8.42 Å². The van der Waals surface area contributed by atoms with E-state index >= 15 is 0 Å². The summed E-state index contributed by atoms with van der Waals surface area (Å²) in [5.74, 6) is 0. The number of aliphatic imine (C=N–C) groups is 1. The first kappa shape index (κ1) is 18.6. The summed E-state index contributed by atoms with van der Waals surface area (Å²) >= 11 is 0. The minimum Gasteiger partial charge on any atom is -0.399 e. The number of allylic oxidation sites excluding steroid dienone is 1. The second-order valence-electron chi connectivity index (χ2n) is 5.96. The topological polar surface area (TPSA) is 157 Å². The molecule has 8 nitrogen and oxygen atoms in total. The van der Waals surface area contributed by atoms with Crippen LogP contribution in [0, 0.1) is 0 Å². The van der Waals surface area contributed by atoms with Gasteiger partial charge in [-0.25, -0.2) is 4.99 Å². The monoisotopic (exact) mass is 385 g/mol. The van der Waals surface area contributed by atoms with E-state index < -0.39 is 16.2 Å². The standard InChI is InChI=1S/C18H19N5O3S/c19-11-1-3-12(4-2-11)22-17-10-18(16(21)9-15(17)20)23-13-5-7-14(8-6-13)27(24,25)26/h1-10,16,23H,19-21H2,(H,24,25,26)/b22-17-. The van der Waals surface area contributed by atoms with Gasteiger partial charge < -0.3 is 22.5 Å². The van der Waals surface area contributed by atoms with Crippen molar-refractivity contribution in [3.63, 3.8) is 0 Å². The van der Waals surface area contributed by atoms with E-state index in [9.17, 15) is 8.42 Å². The van der Waals surface area contributed by atoms with Crippen LogP contribution >= 0.6 is 0 Å². The Hall–Kier alpha value is -3.14. The van der Waals surface area contributed by atoms with E-state index in [4.69, 9.17) is 21.8 Å². The Morgan fingerprint density at radius 2 is 1.63 bits per heavy atom. The molecule has 0 aliphatic heterocycles. The molecule has 1 unspecified atom stereocenters. The zero-order valence-corrected chi connectivity index (χ0v) is 15.0. The van der Waals surface area contributed by atoms with Crippen LogP contribution in [0.1, 0.15) is 0 Å². The van der Waals surface area contributed by atoms with Gasteiger partial charge >= 0.3 is 0 Å². The molecule has 0 heterocycles. The molecule has 3 rings (SSSR count). The third-order valence-electron chi connectivity index (χ3n) is 3.89. The van der Waals surface area contributed by atoms with Crippen LogP contribution in [0.5, 0.6) is 0 Å². The Labute approximate surface area is 156 Å². The van der Waals surface area contributed by atoms with Crippen LogP contribution in [-0.2, 0) is 10.1 Å². The van der Waals surface area contributed by atoms with Gasteiger partial charge in [0, 0.05) is 17.1 Å². The van der Waals surface area contributed by atoms with Gasteiger partial charge in [-0.1, -0.05) is 0 Å². The highest BCUT2D eigenvalue weighted by atomic mass is 32.2. The van der Waals surface area contributed by atoms with Crippen molar-refractivity contribution in [2.75, 3.05) is 11.1 Å². The third kappa shape index (κ3) is 4.53. The number of rotatable bonds is 4. The van der Waals surface area contributed by atoms with E-state index in [1.54, 1.807) is 36.4 Å². The molecule has 0 radical (unpaired) electrons. The molecule has 0 bridgehead atoms. The molecule has 8 N–H and O–H groups in total. The van der Waals surface area contributed by atoms with E-state index in [1.165, 1.54) is 24.3 Å². The Bertz CT molecular complexity index is 1040. The van der Waals surface area contributed by atoms with Gasteiger partial charge in [0.1, 0.15) is 0 Å². The van der Waals surface area contributed by atoms with Gasteiger partial charge in [0.05, 0.1) is 28.0 Å². The van der Waals surface area contributed by atoms with Crippen molar-refractivity contribution >= 4 is 32.9 Å². The molecule has 0 fully saturated rings. The molecule has 27 heavy (non-hydrogen) atoms. The number of hydrogen-bond acceptors (Lipinski definition) is 7. The summed E-state index contributed by atoms with van der Waals surface area (Å²) in [6.45, 7) is 0.